The Hall–Kier alpha value is -1.19. The molecule has 0 radical (unpaired) electrons. The van der Waals surface area contributed by atoms with Gasteiger partial charge in [-0.1, -0.05) is 29.8 Å². The van der Waals surface area contributed by atoms with E-state index in [0.717, 1.165) is 0 Å². The third kappa shape index (κ3) is 5.06. The van der Waals surface area contributed by atoms with Crippen LogP contribution in [0.1, 0.15) is 11.6 Å². The van der Waals surface area contributed by atoms with Gasteiger partial charge in [-0.05, 0) is 11.6 Å². The molecule has 1 aromatic rings. The third-order valence-electron chi connectivity index (χ3n) is 2.33. The van der Waals surface area contributed by atoms with E-state index in [-0.39, 0.29) is 23.7 Å². The van der Waals surface area contributed by atoms with Crippen LogP contribution < -0.4 is 9.44 Å². The molecule has 0 aromatic heterocycles. The zero-order valence-corrected chi connectivity index (χ0v) is 12.2. The van der Waals surface area contributed by atoms with Crippen LogP contribution in [0, 0.1) is 0 Å². The number of aliphatic carboxylic acids is 1. The lowest BCUT2D eigenvalue weighted by atomic mass is 10.1. The van der Waals surface area contributed by atoms with Crippen molar-refractivity contribution in [2.75, 3.05) is 20.3 Å². The van der Waals surface area contributed by atoms with Crippen molar-refractivity contribution in [2.45, 2.75) is 6.04 Å². The average molecular weight is 323 g/mol. The number of carboxylic acid groups (broad SMARTS) is 1. The van der Waals surface area contributed by atoms with Gasteiger partial charge in [-0.3, -0.25) is 4.79 Å². The van der Waals surface area contributed by atoms with Gasteiger partial charge in [-0.25, -0.2) is 0 Å². The van der Waals surface area contributed by atoms with Crippen LogP contribution in [0.5, 0.6) is 0 Å². The van der Waals surface area contributed by atoms with Crippen LogP contribution in [0.25, 0.3) is 0 Å². The number of ether oxygens (including phenoxy) is 1. The Kier molecular flexibility index (Phi) is 6.37. The number of methoxy groups -OCH3 is 1. The van der Waals surface area contributed by atoms with Crippen molar-refractivity contribution in [3.63, 3.8) is 0 Å². The molecule has 0 aliphatic carbocycles. The fourth-order valence-corrected chi connectivity index (χ4v) is 2.65. The SMILES string of the molecule is COCCNS(=O)(=O)N[C@@H](C(=O)O)c1ccccc1Cl. The van der Waals surface area contributed by atoms with Crippen molar-refractivity contribution < 1.29 is 23.1 Å². The van der Waals surface area contributed by atoms with Crippen LogP contribution in [0.3, 0.4) is 0 Å². The molecule has 0 fully saturated rings. The lowest BCUT2D eigenvalue weighted by Gasteiger charge is -2.16. The van der Waals surface area contributed by atoms with Gasteiger partial charge in [-0.2, -0.15) is 17.9 Å². The van der Waals surface area contributed by atoms with Crippen molar-refractivity contribution in [1.82, 2.24) is 9.44 Å². The summed E-state index contributed by atoms with van der Waals surface area (Å²) in [6.45, 7) is 0.200. The van der Waals surface area contributed by atoms with E-state index in [0.29, 0.717) is 0 Å². The summed E-state index contributed by atoms with van der Waals surface area (Å²) >= 11 is 5.88. The predicted octanol–water partition coefficient (Wildman–Crippen LogP) is 0.536. The van der Waals surface area contributed by atoms with Gasteiger partial charge in [0.25, 0.3) is 10.2 Å². The second kappa shape index (κ2) is 7.55. The van der Waals surface area contributed by atoms with Gasteiger partial charge in [0.1, 0.15) is 6.04 Å². The number of hydrogen-bond acceptors (Lipinski definition) is 4. The zero-order valence-electron chi connectivity index (χ0n) is 10.7. The predicted molar refractivity (Wildman–Crippen MR) is 73.8 cm³/mol. The minimum absolute atomic E-state index is 0.0285. The van der Waals surface area contributed by atoms with Crippen molar-refractivity contribution in [1.29, 1.82) is 0 Å². The van der Waals surface area contributed by atoms with Gasteiger partial charge in [0.05, 0.1) is 6.61 Å². The molecule has 112 valence electrons. The first-order valence-corrected chi connectivity index (χ1v) is 7.46. The van der Waals surface area contributed by atoms with E-state index in [9.17, 15) is 13.2 Å². The van der Waals surface area contributed by atoms with Crippen molar-refractivity contribution in [3.05, 3.63) is 34.9 Å². The van der Waals surface area contributed by atoms with E-state index >= 15 is 0 Å². The number of rotatable bonds is 8. The van der Waals surface area contributed by atoms with Crippen LogP contribution in [0.2, 0.25) is 5.02 Å². The second-order valence-electron chi connectivity index (χ2n) is 3.80. The fourth-order valence-electron chi connectivity index (χ4n) is 1.43. The first-order chi connectivity index (χ1) is 9.37. The van der Waals surface area contributed by atoms with E-state index in [4.69, 9.17) is 21.4 Å². The van der Waals surface area contributed by atoms with Crippen LogP contribution in [-0.2, 0) is 19.7 Å². The molecule has 0 spiro atoms. The maximum Gasteiger partial charge on any atom is 0.326 e. The van der Waals surface area contributed by atoms with Crippen molar-refractivity contribution >= 4 is 27.8 Å². The molecule has 0 aliphatic rings. The summed E-state index contributed by atoms with van der Waals surface area (Å²) in [5.41, 5.74) is 0.166. The van der Waals surface area contributed by atoms with E-state index in [1.807, 2.05) is 4.72 Å². The lowest BCUT2D eigenvalue weighted by molar-refractivity contribution is -0.139. The minimum atomic E-state index is -3.98. The number of carboxylic acids is 1. The third-order valence-corrected chi connectivity index (χ3v) is 3.81. The van der Waals surface area contributed by atoms with Gasteiger partial charge >= 0.3 is 5.97 Å². The molecule has 0 heterocycles. The maximum atomic E-state index is 11.7. The quantitative estimate of drug-likeness (QED) is 0.606. The number of nitrogens with one attached hydrogen (secondary N) is 2. The van der Waals surface area contributed by atoms with Gasteiger partial charge in [0, 0.05) is 18.7 Å². The first-order valence-electron chi connectivity index (χ1n) is 5.60. The summed E-state index contributed by atoms with van der Waals surface area (Å²) < 4.78 is 32.3. The van der Waals surface area contributed by atoms with Gasteiger partial charge in [-0.15, -0.1) is 0 Å². The summed E-state index contributed by atoms with van der Waals surface area (Å²) in [6.07, 6.45) is 0. The normalized spacial score (nSPS) is 13.1. The Morgan fingerprint density at radius 3 is 2.65 bits per heavy atom. The summed E-state index contributed by atoms with van der Waals surface area (Å²) in [5, 5.41) is 9.31. The largest absolute Gasteiger partial charge is 0.480 e. The molecule has 9 heteroatoms. The minimum Gasteiger partial charge on any atom is -0.480 e. The molecule has 3 N–H and O–H groups in total. The Morgan fingerprint density at radius 2 is 2.10 bits per heavy atom. The van der Waals surface area contributed by atoms with Crippen LogP contribution in [0.4, 0.5) is 0 Å². The molecule has 0 aliphatic heterocycles. The first kappa shape index (κ1) is 16.9. The molecule has 0 bridgehead atoms. The Bertz CT molecular complexity index is 564. The van der Waals surface area contributed by atoms with E-state index in [1.54, 1.807) is 12.1 Å². The van der Waals surface area contributed by atoms with Gasteiger partial charge < -0.3 is 9.84 Å². The highest BCUT2D eigenvalue weighted by Crippen LogP contribution is 2.23. The smallest absolute Gasteiger partial charge is 0.326 e. The summed E-state index contributed by atoms with van der Waals surface area (Å²) in [7, 11) is -2.56. The maximum absolute atomic E-state index is 11.7. The number of halogens is 1. The average Bonchev–Trinajstić information content (AvgIpc) is 2.37. The fraction of sp³-hybridized carbons (Fsp3) is 0.364. The lowest BCUT2D eigenvalue weighted by Crippen LogP contribution is -2.42. The molecule has 0 saturated carbocycles. The highest BCUT2D eigenvalue weighted by Gasteiger charge is 2.27. The standard InChI is InChI=1S/C11H15ClN2O5S/c1-19-7-6-13-20(17,18)14-10(11(15)16)8-4-2-3-5-9(8)12/h2-5,10,13-14H,6-7H2,1H3,(H,15,16)/t10-/m1/s1. The highest BCUT2D eigenvalue weighted by molar-refractivity contribution is 7.87. The van der Waals surface area contributed by atoms with Crippen LogP contribution in [-0.4, -0.2) is 39.8 Å². The number of hydrogen-bond donors (Lipinski definition) is 3. The highest BCUT2D eigenvalue weighted by atomic mass is 35.5. The Balaban J connectivity index is 2.89. The van der Waals surface area contributed by atoms with Gasteiger partial charge in [0.2, 0.25) is 0 Å². The second-order valence-corrected chi connectivity index (χ2v) is 5.74. The van der Waals surface area contributed by atoms with E-state index in [2.05, 4.69) is 4.72 Å². The van der Waals surface area contributed by atoms with E-state index in [1.165, 1.54) is 19.2 Å². The topological polar surface area (TPSA) is 105 Å². The van der Waals surface area contributed by atoms with E-state index < -0.39 is 22.2 Å². The van der Waals surface area contributed by atoms with Crippen LogP contribution in [0.15, 0.2) is 24.3 Å². The molecule has 1 rings (SSSR count). The Morgan fingerprint density at radius 1 is 1.45 bits per heavy atom. The monoisotopic (exact) mass is 322 g/mol. The summed E-state index contributed by atoms with van der Waals surface area (Å²) in [5.74, 6) is -1.35. The molecule has 1 atom stereocenters. The molecule has 0 unspecified atom stereocenters. The molecule has 1 aromatic carbocycles. The summed E-state index contributed by atoms with van der Waals surface area (Å²) in [4.78, 5) is 11.2. The van der Waals surface area contributed by atoms with Gasteiger partial charge in [0.15, 0.2) is 0 Å². The van der Waals surface area contributed by atoms with Crippen molar-refractivity contribution in [2.24, 2.45) is 0 Å². The Labute approximate surface area is 122 Å². The number of benzene rings is 1. The van der Waals surface area contributed by atoms with Crippen molar-refractivity contribution in [3.8, 4) is 0 Å². The zero-order chi connectivity index (χ0) is 15.2. The number of carbonyl (C=O) groups is 1. The molecular weight excluding hydrogens is 308 g/mol. The molecule has 20 heavy (non-hydrogen) atoms. The summed E-state index contributed by atoms with van der Waals surface area (Å²) in [6, 6.07) is 4.65. The molecular formula is C11H15ClN2O5S. The molecule has 7 nitrogen and oxygen atoms in total. The molecule has 0 amide bonds. The van der Waals surface area contributed by atoms with Crippen LogP contribution >= 0.6 is 11.6 Å². The molecule has 0 saturated heterocycles.